The first-order chi connectivity index (χ1) is 11.2. The minimum Gasteiger partial charge on any atom is -0.394 e. The lowest BCUT2D eigenvalue weighted by Crippen LogP contribution is -2.58. The summed E-state index contributed by atoms with van der Waals surface area (Å²) in [5.74, 6) is -0.801. The molecule has 1 aromatic heterocycles. The van der Waals surface area contributed by atoms with Crippen LogP contribution in [0.1, 0.15) is 23.1 Å². The van der Waals surface area contributed by atoms with Gasteiger partial charge in [-0.05, 0) is 0 Å². The van der Waals surface area contributed by atoms with Gasteiger partial charge in [0.05, 0.1) is 19.0 Å². The van der Waals surface area contributed by atoms with Crippen molar-refractivity contribution in [1.82, 2.24) is 14.9 Å². The predicted molar refractivity (Wildman–Crippen MR) is 74.9 cm³/mol. The molecule has 3 rings (SSSR count). The van der Waals surface area contributed by atoms with Gasteiger partial charge >= 0.3 is 7.82 Å². The maximum atomic E-state index is 11.9. The lowest BCUT2D eigenvalue weighted by Gasteiger charge is -2.34. The van der Waals surface area contributed by atoms with Crippen LogP contribution < -0.4 is 16.1 Å². The van der Waals surface area contributed by atoms with E-state index in [-0.39, 0.29) is 17.9 Å². The van der Waals surface area contributed by atoms with Crippen molar-refractivity contribution in [3.8, 4) is 0 Å². The van der Waals surface area contributed by atoms with Crippen molar-refractivity contribution >= 4 is 19.5 Å². The average molecular weight is 365 g/mol. The molecule has 1 aromatic rings. The van der Waals surface area contributed by atoms with Crippen molar-refractivity contribution in [1.29, 1.82) is 0 Å². The van der Waals surface area contributed by atoms with Gasteiger partial charge in [-0.15, -0.1) is 0 Å². The smallest absolute Gasteiger partial charge is 0.394 e. The molecule has 7 N–H and O–H groups in total. The van der Waals surface area contributed by atoms with E-state index in [2.05, 4.69) is 14.9 Å². The van der Waals surface area contributed by atoms with Gasteiger partial charge in [-0.1, -0.05) is 0 Å². The number of phosphoric acid groups is 1. The fraction of sp³-hybridized carbons (Fsp3) is 0.600. The summed E-state index contributed by atoms with van der Waals surface area (Å²) in [4.78, 5) is 33.9. The number of carbonyl (C=O) groups excluding carboxylic acids is 1. The third kappa shape index (κ3) is 3.03. The fourth-order valence-corrected chi connectivity index (χ4v) is 3.00. The second kappa shape index (κ2) is 6.06. The van der Waals surface area contributed by atoms with Crippen LogP contribution >= 0.6 is 7.82 Å². The maximum absolute atomic E-state index is 11.9. The number of imidazole rings is 1. The standard InChI is InChI=1S/C10H16N5O8P/c11-10-13-8(18)7-9(15(10)23-24(19,20)21)14(3-12-7)6-1-4(17)5(2-16)22-6/h3-6,10,16-17H,1-2,11H2,(H,13,18)(H2,19,20,21)/t4-,5+,6+,10?/m0/s1. The Hall–Kier alpha value is -1.57. The number of nitrogens with one attached hydrogen (secondary N) is 1. The number of fused-ring (bicyclic) bond motifs is 1. The number of nitrogens with two attached hydrogens (primary N) is 1. The van der Waals surface area contributed by atoms with Crippen LogP contribution in [0.15, 0.2) is 6.33 Å². The van der Waals surface area contributed by atoms with E-state index in [1.807, 2.05) is 0 Å². The zero-order valence-corrected chi connectivity index (χ0v) is 13.0. The van der Waals surface area contributed by atoms with Gasteiger partial charge in [-0.2, -0.15) is 9.69 Å². The molecule has 2 aliphatic heterocycles. The van der Waals surface area contributed by atoms with Crippen LogP contribution in [0.25, 0.3) is 0 Å². The Kier molecular flexibility index (Phi) is 4.36. The molecule has 1 saturated heterocycles. The Labute approximate surface area is 134 Å². The summed E-state index contributed by atoms with van der Waals surface area (Å²) in [6.45, 7) is -0.419. The van der Waals surface area contributed by atoms with E-state index in [9.17, 15) is 14.5 Å². The number of aliphatic hydroxyl groups is 2. The number of amides is 1. The topological polar surface area (TPSA) is 193 Å². The molecule has 24 heavy (non-hydrogen) atoms. The number of hydrogen-bond acceptors (Lipinski definition) is 9. The van der Waals surface area contributed by atoms with Crippen LogP contribution in [-0.4, -0.2) is 60.6 Å². The summed E-state index contributed by atoms with van der Waals surface area (Å²) in [6, 6.07) is 0. The number of anilines is 1. The average Bonchev–Trinajstić information content (AvgIpc) is 3.05. The van der Waals surface area contributed by atoms with Crippen molar-refractivity contribution < 1.29 is 38.7 Å². The number of hydroxylamine groups is 1. The summed E-state index contributed by atoms with van der Waals surface area (Å²) < 4.78 is 22.4. The predicted octanol–water partition coefficient (Wildman–Crippen LogP) is -2.66. The van der Waals surface area contributed by atoms with Crippen molar-refractivity contribution in [2.75, 3.05) is 11.7 Å². The Morgan fingerprint density at radius 3 is 2.83 bits per heavy atom. The largest absolute Gasteiger partial charge is 0.491 e. The summed E-state index contributed by atoms with van der Waals surface area (Å²) in [7, 11) is -4.98. The van der Waals surface area contributed by atoms with E-state index in [0.717, 1.165) is 0 Å². The van der Waals surface area contributed by atoms with Crippen LogP contribution in [0.5, 0.6) is 0 Å². The van der Waals surface area contributed by atoms with Gasteiger partial charge in [-0.25, -0.2) is 9.55 Å². The fourth-order valence-electron chi connectivity index (χ4n) is 2.59. The highest BCUT2D eigenvalue weighted by atomic mass is 31.2. The van der Waals surface area contributed by atoms with E-state index >= 15 is 0 Å². The van der Waals surface area contributed by atoms with E-state index in [0.29, 0.717) is 5.06 Å². The van der Waals surface area contributed by atoms with Crippen LogP contribution in [0.4, 0.5) is 5.82 Å². The summed E-state index contributed by atoms with van der Waals surface area (Å²) >= 11 is 0. The Balaban J connectivity index is 1.99. The molecule has 1 amide bonds. The number of aromatic nitrogens is 2. The molecule has 0 radical (unpaired) electrons. The molecule has 14 heteroatoms. The third-order valence-corrected chi connectivity index (χ3v) is 4.00. The molecular weight excluding hydrogens is 349 g/mol. The molecule has 4 atom stereocenters. The highest BCUT2D eigenvalue weighted by molar-refractivity contribution is 7.46. The molecular formula is C10H16N5O8P. The third-order valence-electron chi connectivity index (χ3n) is 3.61. The van der Waals surface area contributed by atoms with Gasteiger partial charge in [-0.3, -0.25) is 15.1 Å². The minimum absolute atomic E-state index is 0.0641. The number of ether oxygens (including phenoxy) is 1. The van der Waals surface area contributed by atoms with Crippen molar-refractivity contribution in [3.05, 3.63) is 12.0 Å². The van der Waals surface area contributed by atoms with Gasteiger partial charge in [0.15, 0.2) is 17.8 Å². The molecule has 0 saturated carbocycles. The van der Waals surface area contributed by atoms with E-state index in [1.165, 1.54) is 10.9 Å². The Bertz CT molecular complexity index is 691. The molecule has 13 nitrogen and oxygen atoms in total. The molecule has 1 unspecified atom stereocenters. The van der Waals surface area contributed by atoms with Crippen LogP contribution in [-0.2, 0) is 13.9 Å². The summed E-state index contributed by atoms with van der Waals surface area (Å²) in [6.07, 6.45) is -2.76. The number of hydrogen-bond donors (Lipinski definition) is 6. The lowest BCUT2D eigenvalue weighted by atomic mass is 10.2. The quantitative estimate of drug-likeness (QED) is 0.305. The molecule has 2 aliphatic rings. The molecule has 0 bridgehead atoms. The monoisotopic (exact) mass is 365 g/mol. The maximum Gasteiger partial charge on any atom is 0.491 e. The highest BCUT2D eigenvalue weighted by Gasteiger charge is 2.42. The van der Waals surface area contributed by atoms with Gasteiger partial charge < -0.3 is 30.1 Å². The first kappa shape index (κ1) is 17.3. The normalized spacial score (nSPS) is 30.4. The van der Waals surface area contributed by atoms with Crippen molar-refractivity contribution in [3.63, 3.8) is 0 Å². The number of carbonyl (C=O) groups is 1. The van der Waals surface area contributed by atoms with Crippen LogP contribution in [0.2, 0.25) is 0 Å². The molecule has 3 heterocycles. The summed E-state index contributed by atoms with van der Waals surface area (Å²) in [5, 5.41) is 21.8. The SMILES string of the molecule is NC1NC(=O)c2ncn([C@H]3C[C@H](O)[C@@H](CO)O3)c2N1OP(=O)(O)O. The second-order valence-electron chi connectivity index (χ2n) is 5.26. The second-order valence-corrected chi connectivity index (χ2v) is 6.40. The van der Waals surface area contributed by atoms with E-state index in [1.54, 1.807) is 0 Å². The lowest BCUT2D eigenvalue weighted by molar-refractivity contribution is -0.0447. The first-order valence-corrected chi connectivity index (χ1v) is 8.36. The summed E-state index contributed by atoms with van der Waals surface area (Å²) in [5.41, 5.74) is 5.47. The van der Waals surface area contributed by atoms with Crippen LogP contribution in [0, 0.1) is 0 Å². The number of nitrogens with zero attached hydrogens (tertiary/aromatic N) is 3. The van der Waals surface area contributed by atoms with E-state index < -0.39 is 45.1 Å². The Morgan fingerprint density at radius 1 is 1.54 bits per heavy atom. The van der Waals surface area contributed by atoms with Crippen LogP contribution in [0.3, 0.4) is 0 Å². The molecule has 134 valence electrons. The minimum atomic E-state index is -4.98. The highest BCUT2D eigenvalue weighted by Crippen LogP contribution is 2.42. The number of aliphatic hydroxyl groups excluding tert-OH is 2. The molecule has 1 fully saturated rings. The van der Waals surface area contributed by atoms with Gasteiger partial charge in [0.2, 0.25) is 0 Å². The number of rotatable bonds is 4. The first-order valence-electron chi connectivity index (χ1n) is 6.83. The molecule has 0 aromatic carbocycles. The van der Waals surface area contributed by atoms with Crippen molar-refractivity contribution in [2.45, 2.75) is 31.1 Å². The zero-order valence-electron chi connectivity index (χ0n) is 12.1. The Morgan fingerprint density at radius 2 is 2.25 bits per heavy atom. The molecule has 0 spiro atoms. The van der Waals surface area contributed by atoms with Gasteiger partial charge in [0.1, 0.15) is 12.3 Å². The van der Waals surface area contributed by atoms with Gasteiger partial charge in [0, 0.05) is 6.42 Å². The van der Waals surface area contributed by atoms with Crippen molar-refractivity contribution in [2.24, 2.45) is 5.73 Å². The molecule has 0 aliphatic carbocycles. The van der Waals surface area contributed by atoms with E-state index in [4.69, 9.17) is 25.4 Å². The zero-order chi connectivity index (χ0) is 17.6. The van der Waals surface area contributed by atoms with Gasteiger partial charge in [0.25, 0.3) is 5.91 Å².